The first-order chi connectivity index (χ1) is 13.5. The number of benzene rings is 1. The molecule has 30 heavy (non-hydrogen) atoms. The molecule has 1 aliphatic carbocycles. The fourth-order valence-corrected chi connectivity index (χ4v) is 3.84. The zero-order valence-corrected chi connectivity index (χ0v) is 18.7. The van der Waals surface area contributed by atoms with Gasteiger partial charge >= 0.3 is 11.9 Å². The van der Waals surface area contributed by atoms with Crippen LogP contribution in [0.3, 0.4) is 0 Å². The van der Waals surface area contributed by atoms with Crippen LogP contribution in [-0.4, -0.2) is 44.7 Å². The van der Waals surface area contributed by atoms with Crippen molar-refractivity contribution in [1.82, 2.24) is 0 Å². The first-order valence-electron chi connectivity index (χ1n) is 10.0. The van der Waals surface area contributed by atoms with Crippen LogP contribution in [0.5, 0.6) is 5.75 Å². The number of Topliss-reactive ketones (excluding diaryl/α,β-unsaturated/α-hetero) is 1. The molecule has 0 amide bonds. The number of hydrogen-bond donors (Lipinski definition) is 2. The number of esters is 2. The molecular formula is C23H32O7. The molecule has 1 fully saturated rings. The zero-order chi connectivity index (χ0) is 23.1. The van der Waals surface area contributed by atoms with Gasteiger partial charge in [0.15, 0.2) is 5.78 Å². The Hall–Kier alpha value is -2.41. The highest BCUT2D eigenvalue weighted by molar-refractivity contribution is 6.03. The molecule has 0 aliphatic heterocycles. The van der Waals surface area contributed by atoms with Gasteiger partial charge in [-0.2, -0.15) is 0 Å². The van der Waals surface area contributed by atoms with Crippen molar-refractivity contribution in [1.29, 1.82) is 0 Å². The number of hydrogen-bond acceptors (Lipinski definition) is 7. The third-order valence-electron chi connectivity index (χ3n) is 4.87. The summed E-state index contributed by atoms with van der Waals surface area (Å²) in [5.41, 5.74) is -2.93. The second-order valence-corrected chi connectivity index (χ2v) is 10.1. The van der Waals surface area contributed by atoms with Gasteiger partial charge in [0.05, 0.1) is 11.5 Å². The number of aromatic hydroxyl groups is 1. The van der Waals surface area contributed by atoms with Crippen LogP contribution in [0.15, 0.2) is 24.3 Å². The van der Waals surface area contributed by atoms with Gasteiger partial charge in [-0.25, -0.2) is 0 Å². The van der Waals surface area contributed by atoms with Crippen molar-refractivity contribution in [3.63, 3.8) is 0 Å². The van der Waals surface area contributed by atoms with Crippen LogP contribution in [0, 0.1) is 11.8 Å². The Bertz CT molecular complexity index is 809. The largest absolute Gasteiger partial charge is 0.508 e. The van der Waals surface area contributed by atoms with Crippen LogP contribution in [0.25, 0.3) is 0 Å². The van der Waals surface area contributed by atoms with Crippen molar-refractivity contribution in [3.8, 4) is 5.75 Å². The summed E-state index contributed by atoms with van der Waals surface area (Å²) in [6, 6.07) is 5.87. The van der Waals surface area contributed by atoms with Crippen LogP contribution < -0.4 is 0 Å². The number of carbonyl (C=O) groups excluding carboxylic acids is 3. The second kappa shape index (κ2) is 8.02. The molecule has 4 atom stereocenters. The molecule has 1 aromatic rings. The number of ketones is 1. The number of carbonyl (C=O) groups is 3. The average Bonchev–Trinajstić information content (AvgIpc) is 2.50. The highest BCUT2D eigenvalue weighted by Gasteiger charge is 2.57. The Balaban J connectivity index is 2.62. The normalized spacial score (nSPS) is 27.5. The van der Waals surface area contributed by atoms with Gasteiger partial charge < -0.3 is 19.7 Å². The monoisotopic (exact) mass is 420 g/mol. The minimum Gasteiger partial charge on any atom is -0.508 e. The summed E-state index contributed by atoms with van der Waals surface area (Å²) in [4.78, 5) is 39.1. The molecule has 0 bridgehead atoms. The third kappa shape index (κ3) is 5.59. The molecule has 0 spiro atoms. The standard InChI is InChI=1S/C23H32O7/c1-21(2,3)29-19(26)17-15(25)12-23(7,28)18(20(27)30-22(4,5)6)16(17)13-8-10-14(24)11-9-13/h8-11,16-18,24,28H,12H2,1-7H3/t16-,17-,18+,23-/m0/s1. The van der Waals surface area contributed by atoms with E-state index in [1.54, 1.807) is 41.5 Å². The van der Waals surface area contributed by atoms with Crippen LogP contribution in [-0.2, 0) is 23.9 Å². The topological polar surface area (TPSA) is 110 Å². The molecular weight excluding hydrogens is 388 g/mol. The quantitative estimate of drug-likeness (QED) is 0.571. The minimum absolute atomic E-state index is 0.00437. The van der Waals surface area contributed by atoms with Crippen LogP contribution in [0.2, 0.25) is 0 Å². The summed E-state index contributed by atoms with van der Waals surface area (Å²) in [6.07, 6.45) is -0.380. The lowest BCUT2D eigenvalue weighted by Crippen LogP contribution is -2.56. The number of phenols is 1. The molecule has 0 unspecified atom stereocenters. The Kier molecular flexibility index (Phi) is 6.38. The fourth-order valence-electron chi connectivity index (χ4n) is 3.84. The van der Waals surface area contributed by atoms with Crippen LogP contribution in [0.1, 0.15) is 66.4 Å². The lowest BCUT2D eigenvalue weighted by molar-refractivity contribution is -0.182. The average molecular weight is 421 g/mol. The summed E-state index contributed by atoms with van der Waals surface area (Å²) in [5.74, 6) is -5.45. The van der Waals surface area contributed by atoms with Gasteiger partial charge in [-0.15, -0.1) is 0 Å². The summed E-state index contributed by atoms with van der Waals surface area (Å²) in [6.45, 7) is 11.6. The molecule has 2 N–H and O–H groups in total. The highest BCUT2D eigenvalue weighted by Crippen LogP contribution is 2.47. The smallest absolute Gasteiger partial charge is 0.317 e. The van der Waals surface area contributed by atoms with E-state index in [0.717, 1.165) is 0 Å². The Morgan fingerprint density at radius 3 is 1.90 bits per heavy atom. The van der Waals surface area contributed by atoms with Crippen molar-refractivity contribution in [3.05, 3.63) is 29.8 Å². The summed E-state index contributed by atoms with van der Waals surface area (Å²) >= 11 is 0. The van der Waals surface area contributed by atoms with E-state index in [1.165, 1.54) is 31.2 Å². The van der Waals surface area contributed by atoms with Crippen LogP contribution >= 0.6 is 0 Å². The van der Waals surface area contributed by atoms with Crippen molar-refractivity contribution < 1.29 is 34.1 Å². The number of ether oxygens (including phenoxy) is 2. The van der Waals surface area contributed by atoms with E-state index in [2.05, 4.69) is 0 Å². The number of rotatable bonds is 3. The number of aliphatic hydroxyl groups is 1. The maximum atomic E-state index is 13.1. The van der Waals surface area contributed by atoms with Gasteiger partial charge in [-0.1, -0.05) is 12.1 Å². The lowest BCUT2D eigenvalue weighted by atomic mass is 9.61. The fraction of sp³-hybridized carbons (Fsp3) is 0.609. The second-order valence-electron chi connectivity index (χ2n) is 10.1. The predicted octanol–water partition coefficient (Wildman–Crippen LogP) is 3.12. The SMILES string of the molecule is CC(C)(C)OC(=O)[C@H]1C(=O)C[C@](C)(O)[C@@H](C(=O)OC(C)(C)C)[C@H]1c1ccc(O)cc1. The van der Waals surface area contributed by atoms with Gasteiger partial charge in [0, 0.05) is 12.3 Å². The van der Waals surface area contributed by atoms with E-state index >= 15 is 0 Å². The maximum Gasteiger partial charge on any atom is 0.317 e. The molecule has 7 heteroatoms. The predicted molar refractivity (Wildman–Crippen MR) is 110 cm³/mol. The molecule has 0 aromatic heterocycles. The Morgan fingerprint density at radius 2 is 1.43 bits per heavy atom. The van der Waals surface area contributed by atoms with Crippen molar-refractivity contribution in [2.24, 2.45) is 11.8 Å². The molecule has 0 heterocycles. The summed E-state index contributed by atoms with van der Waals surface area (Å²) < 4.78 is 11.0. The molecule has 1 aromatic carbocycles. The molecule has 2 rings (SSSR count). The van der Waals surface area contributed by atoms with E-state index < -0.39 is 52.3 Å². The minimum atomic E-state index is -1.72. The third-order valence-corrected chi connectivity index (χ3v) is 4.87. The van der Waals surface area contributed by atoms with Crippen molar-refractivity contribution in [2.75, 3.05) is 0 Å². The first kappa shape index (κ1) is 23.9. The van der Waals surface area contributed by atoms with Crippen molar-refractivity contribution >= 4 is 17.7 Å². The lowest BCUT2D eigenvalue weighted by Gasteiger charge is -2.44. The Morgan fingerprint density at radius 1 is 0.967 bits per heavy atom. The number of phenolic OH excluding ortho intramolecular Hbond substituents is 1. The summed E-state index contributed by atoms with van der Waals surface area (Å²) in [5, 5.41) is 20.7. The van der Waals surface area contributed by atoms with Gasteiger partial charge in [0.2, 0.25) is 0 Å². The molecule has 0 radical (unpaired) electrons. The van der Waals surface area contributed by atoms with Gasteiger partial charge in [-0.05, 0) is 66.2 Å². The van der Waals surface area contributed by atoms with Gasteiger partial charge in [0.1, 0.15) is 22.9 Å². The van der Waals surface area contributed by atoms with Gasteiger partial charge in [0.25, 0.3) is 0 Å². The van der Waals surface area contributed by atoms with E-state index in [1.807, 2.05) is 0 Å². The van der Waals surface area contributed by atoms with Crippen LogP contribution in [0.4, 0.5) is 0 Å². The van der Waals surface area contributed by atoms with Gasteiger partial charge in [-0.3, -0.25) is 14.4 Å². The molecule has 1 saturated carbocycles. The molecule has 0 saturated heterocycles. The van der Waals surface area contributed by atoms with E-state index in [-0.39, 0.29) is 12.2 Å². The molecule has 166 valence electrons. The van der Waals surface area contributed by atoms with E-state index in [9.17, 15) is 24.6 Å². The van der Waals surface area contributed by atoms with E-state index in [4.69, 9.17) is 9.47 Å². The first-order valence-corrected chi connectivity index (χ1v) is 10.0. The Labute approximate surface area is 177 Å². The maximum absolute atomic E-state index is 13.1. The van der Waals surface area contributed by atoms with E-state index in [0.29, 0.717) is 5.56 Å². The molecule has 7 nitrogen and oxygen atoms in total. The zero-order valence-electron chi connectivity index (χ0n) is 18.7. The highest BCUT2D eigenvalue weighted by atomic mass is 16.6. The molecule has 1 aliphatic rings. The van der Waals surface area contributed by atoms with Crippen molar-refractivity contribution in [2.45, 2.75) is 77.6 Å². The summed E-state index contributed by atoms with van der Waals surface area (Å²) in [7, 11) is 0.